The van der Waals surface area contributed by atoms with Crippen LogP contribution in [-0.4, -0.2) is 45.9 Å². The average molecular weight is 418 g/mol. The largest absolute Gasteiger partial charge is 0.444 e. The van der Waals surface area contributed by atoms with E-state index in [2.05, 4.69) is 39.1 Å². The summed E-state index contributed by atoms with van der Waals surface area (Å²) in [5.74, 6) is -1.02. The molecule has 1 fully saturated rings. The zero-order valence-electron chi connectivity index (χ0n) is 18.6. The standard InChI is InChI=1S/C24H35NO5/c1-13(2)10-18-22-16(5)15(4)12-17-11-14(3)6-7-19(26)20(27)8-9-21(28)30-24(17,22)23(29)25-18/h8-9,11-13,16-20,22,26-27H,6-7,10H2,1-5H3,(H,25,29)/b9-8+,14-11+/t16-,17+,18-,19+,20-,22+,24-/m1/s1. The van der Waals surface area contributed by atoms with E-state index < -0.39 is 23.8 Å². The lowest BCUT2D eigenvalue weighted by atomic mass is 9.63. The molecule has 166 valence electrons. The number of allylic oxidation sites excluding steroid dienone is 2. The number of aliphatic hydroxyl groups is 2. The number of hydrogen-bond acceptors (Lipinski definition) is 5. The van der Waals surface area contributed by atoms with Gasteiger partial charge >= 0.3 is 5.97 Å². The Labute approximate surface area is 179 Å². The summed E-state index contributed by atoms with van der Waals surface area (Å²) in [6.07, 6.45) is 6.06. The van der Waals surface area contributed by atoms with Gasteiger partial charge in [-0.1, -0.05) is 44.1 Å². The van der Waals surface area contributed by atoms with Crippen LogP contribution in [0.4, 0.5) is 0 Å². The van der Waals surface area contributed by atoms with Gasteiger partial charge in [0, 0.05) is 24.0 Å². The topological polar surface area (TPSA) is 95.9 Å². The predicted molar refractivity (Wildman–Crippen MR) is 114 cm³/mol. The molecule has 2 heterocycles. The van der Waals surface area contributed by atoms with Crippen LogP contribution in [0.3, 0.4) is 0 Å². The lowest BCUT2D eigenvalue weighted by Gasteiger charge is -2.45. The van der Waals surface area contributed by atoms with Crippen LogP contribution >= 0.6 is 0 Å². The highest BCUT2D eigenvalue weighted by Crippen LogP contribution is 2.50. The molecule has 3 aliphatic rings. The van der Waals surface area contributed by atoms with Gasteiger partial charge in [0.1, 0.15) is 0 Å². The molecule has 2 aliphatic heterocycles. The number of amides is 1. The van der Waals surface area contributed by atoms with Gasteiger partial charge in [-0.2, -0.15) is 0 Å². The second kappa shape index (κ2) is 8.67. The molecule has 1 spiro atoms. The summed E-state index contributed by atoms with van der Waals surface area (Å²) in [4.78, 5) is 26.2. The fourth-order valence-corrected chi connectivity index (χ4v) is 5.27. The van der Waals surface area contributed by atoms with Gasteiger partial charge in [-0.3, -0.25) is 4.79 Å². The summed E-state index contributed by atoms with van der Waals surface area (Å²) in [6.45, 7) is 10.4. The molecular formula is C24H35NO5. The first-order valence-corrected chi connectivity index (χ1v) is 11.0. The Morgan fingerprint density at radius 1 is 1.23 bits per heavy atom. The smallest absolute Gasteiger partial charge is 0.331 e. The van der Waals surface area contributed by atoms with Gasteiger partial charge in [0.25, 0.3) is 5.91 Å². The van der Waals surface area contributed by atoms with Crippen molar-refractivity contribution < 1.29 is 24.5 Å². The van der Waals surface area contributed by atoms with Crippen LogP contribution in [0.5, 0.6) is 0 Å². The summed E-state index contributed by atoms with van der Waals surface area (Å²) >= 11 is 0. The molecular weight excluding hydrogens is 382 g/mol. The normalized spacial score (nSPS) is 42.5. The number of rotatable bonds is 2. The summed E-state index contributed by atoms with van der Waals surface area (Å²) < 4.78 is 5.99. The maximum Gasteiger partial charge on any atom is 0.331 e. The number of carbonyl (C=O) groups excluding carboxylic acids is 2. The molecule has 7 atom stereocenters. The molecule has 3 rings (SSSR count). The molecule has 0 radical (unpaired) electrons. The van der Waals surface area contributed by atoms with Crippen molar-refractivity contribution in [2.45, 2.75) is 77.7 Å². The molecule has 0 unspecified atom stereocenters. The minimum Gasteiger partial charge on any atom is -0.444 e. The van der Waals surface area contributed by atoms with E-state index in [0.717, 1.165) is 18.1 Å². The first-order chi connectivity index (χ1) is 14.1. The Morgan fingerprint density at radius 3 is 2.60 bits per heavy atom. The van der Waals surface area contributed by atoms with Crippen molar-refractivity contribution in [1.82, 2.24) is 5.32 Å². The molecule has 3 N–H and O–H groups in total. The predicted octanol–water partition coefficient (Wildman–Crippen LogP) is 2.66. The van der Waals surface area contributed by atoms with Crippen molar-refractivity contribution in [2.75, 3.05) is 0 Å². The lowest BCUT2D eigenvalue weighted by Crippen LogP contribution is -2.56. The van der Waals surface area contributed by atoms with E-state index in [9.17, 15) is 19.8 Å². The van der Waals surface area contributed by atoms with Crippen molar-refractivity contribution in [3.63, 3.8) is 0 Å². The zero-order chi connectivity index (χ0) is 22.2. The number of hydrogen-bond donors (Lipinski definition) is 3. The van der Waals surface area contributed by atoms with Crippen LogP contribution in [-0.2, 0) is 14.3 Å². The van der Waals surface area contributed by atoms with Gasteiger partial charge in [-0.05, 0) is 51.0 Å². The molecule has 30 heavy (non-hydrogen) atoms. The molecule has 1 saturated heterocycles. The lowest BCUT2D eigenvalue weighted by molar-refractivity contribution is -0.172. The fraction of sp³-hybridized carbons (Fsp3) is 0.667. The second-order valence-corrected chi connectivity index (χ2v) is 9.64. The number of ether oxygens (including phenoxy) is 1. The van der Waals surface area contributed by atoms with Crippen LogP contribution < -0.4 is 5.32 Å². The van der Waals surface area contributed by atoms with Crippen molar-refractivity contribution in [3.8, 4) is 0 Å². The molecule has 0 aromatic carbocycles. The SMILES string of the molecule is CC1=C[C@@H]2/C=C(\C)CC[C@H](O)[C@H](O)/C=C/C(=O)O[C@]23C(=O)N[C@H](CC(C)C)[C@@H]3[C@@H]1C. The molecule has 6 heteroatoms. The molecule has 1 amide bonds. The van der Waals surface area contributed by atoms with Crippen LogP contribution in [0.25, 0.3) is 0 Å². The van der Waals surface area contributed by atoms with Crippen molar-refractivity contribution in [2.24, 2.45) is 23.7 Å². The highest BCUT2D eigenvalue weighted by atomic mass is 16.6. The molecule has 6 nitrogen and oxygen atoms in total. The van der Waals surface area contributed by atoms with E-state index >= 15 is 0 Å². The van der Waals surface area contributed by atoms with E-state index in [1.165, 1.54) is 11.6 Å². The van der Waals surface area contributed by atoms with Crippen molar-refractivity contribution >= 4 is 11.9 Å². The number of nitrogens with one attached hydrogen (secondary N) is 1. The Hall–Kier alpha value is -1.92. The summed E-state index contributed by atoms with van der Waals surface area (Å²) in [6, 6.07) is -0.0792. The minimum absolute atomic E-state index is 0.0785. The van der Waals surface area contributed by atoms with Crippen LogP contribution in [0, 0.1) is 23.7 Å². The second-order valence-electron chi connectivity index (χ2n) is 9.64. The Balaban J connectivity index is 2.13. The van der Waals surface area contributed by atoms with Gasteiger partial charge in [0.15, 0.2) is 0 Å². The highest BCUT2D eigenvalue weighted by Gasteiger charge is 2.64. The van der Waals surface area contributed by atoms with E-state index in [0.29, 0.717) is 18.8 Å². The highest BCUT2D eigenvalue weighted by molar-refractivity contribution is 5.94. The van der Waals surface area contributed by atoms with Crippen molar-refractivity contribution in [3.05, 3.63) is 35.5 Å². The summed E-state index contributed by atoms with van der Waals surface area (Å²) in [5.41, 5.74) is 0.858. The first kappa shape index (κ1) is 22.8. The number of esters is 1. The maximum atomic E-state index is 13.4. The quantitative estimate of drug-likeness (QED) is 0.474. The monoisotopic (exact) mass is 417 g/mol. The first-order valence-electron chi connectivity index (χ1n) is 11.0. The van der Waals surface area contributed by atoms with E-state index in [-0.39, 0.29) is 29.7 Å². The molecule has 0 saturated carbocycles. The van der Waals surface area contributed by atoms with Gasteiger partial charge < -0.3 is 20.3 Å². The van der Waals surface area contributed by atoms with Crippen LogP contribution in [0.2, 0.25) is 0 Å². The Bertz CT molecular complexity index is 782. The molecule has 0 bridgehead atoms. The average Bonchev–Trinajstić information content (AvgIpc) is 2.93. The van der Waals surface area contributed by atoms with Crippen molar-refractivity contribution in [1.29, 1.82) is 0 Å². The van der Waals surface area contributed by atoms with Gasteiger partial charge in [-0.25, -0.2) is 4.79 Å². The number of aliphatic hydroxyl groups excluding tert-OH is 2. The third-order valence-corrected chi connectivity index (χ3v) is 6.91. The Morgan fingerprint density at radius 2 is 1.93 bits per heavy atom. The minimum atomic E-state index is -1.32. The van der Waals surface area contributed by atoms with E-state index in [4.69, 9.17) is 4.74 Å². The summed E-state index contributed by atoms with van der Waals surface area (Å²) in [5, 5.41) is 23.4. The van der Waals surface area contributed by atoms with Gasteiger partial charge in [-0.15, -0.1) is 0 Å². The molecule has 1 aliphatic carbocycles. The Kier molecular flexibility index (Phi) is 6.58. The number of carbonyl (C=O) groups is 2. The third-order valence-electron chi connectivity index (χ3n) is 6.91. The van der Waals surface area contributed by atoms with Crippen LogP contribution in [0.15, 0.2) is 35.5 Å². The van der Waals surface area contributed by atoms with E-state index in [1.54, 1.807) is 0 Å². The third kappa shape index (κ3) is 4.12. The van der Waals surface area contributed by atoms with Gasteiger partial charge in [0.05, 0.1) is 12.2 Å². The zero-order valence-corrected chi connectivity index (χ0v) is 18.6. The fourth-order valence-electron chi connectivity index (χ4n) is 5.27. The summed E-state index contributed by atoms with van der Waals surface area (Å²) in [7, 11) is 0. The maximum absolute atomic E-state index is 13.4. The van der Waals surface area contributed by atoms with Crippen LogP contribution in [0.1, 0.15) is 53.9 Å². The molecule has 0 aromatic heterocycles. The van der Waals surface area contributed by atoms with Gasteiger partial charge in [0.2, 0.25) is 5.60 Å². The molecule has 0 aromatic rings. The van der Waals surface area contributed by atoms with E-state index in [1.807, 2.05) is 13.0 Å².